The number of aliphatic imine (C=N–C) groups is 3. The Bertz CT molecular complexity index is 2100. The van der Waals surface area contributed by atoms with Gasteiger partial charge >= 0.3 is 36.6 Å². The lowest BCUT2D eigenvalue weighted by Crippen LogP contribution is -2.53. The van der Waals surface area contributed by atoms with Crippen LogP contribution in [0.1, 0.15) is 187 Å². The van der Waals surface area contributed by atoms with E-state index in [0.717, 1.165) is 29.1 Å². The van der Waals surface area contributed by atoms with Crippen molar-refractivity contribution in [3.8, 4) is 0 Å². The summed E-state index contributed by atoms with van der Waals surface area (Å²) in [6, 6.07) is 3.60. The molecule has 1 aliphatic heterocycles. The third-order valence-corrected chi connectivity index (χ3v) is 9.27. The number of amides is 6. The van der Waals surface area contributed by atoms with Gasteiger partial charge in [0.2, 0.25) is 11.9 Å². The van der Waals surface area contributed by atoms with Gasteiger partial charge in [0.25, 0.3) is 0 Å². The largest absolute Gasteiger partial charge is 0.444 e. The molecule has 0 fully saturated rings. The zero-order chi connectivity index (χ0) is 57.0. The third kappa shape index (κ3) is 29.0. The van der Waals surface area contributed by atoms with E-state index >= 15 is 0 Å². The molecule has 2 N–H and O–H groups in total. The first-order chi connectivity index (χ1) is 34.4. The molecular weight excluding hydrogens is 971 g/mol. The van der Waals surface area contributed by atoms with Crippen molar-refractivity contribution in [2.45, 2.75) is 216 Å². The van der Waals surface area contributed by atoms with Crippen LogP contribution >= 0.6 is 0 Å². The quantitative estimate of drug-likeness (QED) is 0.0676. The van der Waals surface area contributed by atoms with Gasteiger partial charge in [-0.1, -0.05) is 25.7 Å². The van der Waals surface area contributed by atoms with Gasteiger partial charge in [-0.3, -0.25) is 30.5 Å². The van der Waals surface area contributed by atoms with Gasteiger partial charge in [-0.05, 0) is 162 Å². The molecule has 0 spiro atoms. The molecule has 75 heavy (non-hydrogen) atoms. The fourth-order valence-electron chi connectivity index (χ4n) is 6.49. The molecule has 22 nitrogen and oxygen atoms in total. The highest BCUT2D eigenvalue weighted by atomic mass is 16.6. The number of ether oxygens (including phenoxy) is 7. The van der Waals surface area contributed by atoms with Crippen molar-refractivity contribution in [1.29, 1.82) is 0 Å². The van der Waals surface area contributed by atoms with Gasteiger partial charge in [-0.2, -0.15) is 0 Å². The Labute approximate surface area is 445 Å². The number of rotatable bonds is 16. The molecule has 1 aromatic rings. The highest BCUT2D eigenvalue weighted by Gasteiger charge is 2.36. The van der Waals surface area contributed by atoms with Crippen molar-refractivity contribution in [2.24, 2.45) is 15.0 Å². The molecule has 0 saturated carbocycles. The average Bonchev–Trinajstić information content (AvgIpc) is 3.21. The molecule has 6 amide bonds. The predicted octanol–water partition coefficient (Wildman–Crippen LogP) is 10.9. The normalized spacial score (nSPS) is 13.7. The van der Waals surface area contributed by atoms with Gasteiger partial charge in [0, 0.05) is 51.1 Å². The maximum atomic E-state index is 14.2. The molecule has 424 valence electrons. The molecule has 0 aliphatic carbocycles. The number of carbonyl (C=O) groups excluding carboxylic acids is 6. The summed E-state index contributed by atoms with van der Waals surface area (Å²) in [6.07, 6.45) is 1.73. The highest BCUT2D eigenvalue weighted by molar-refractivity contribution is 6.07. The lowest BCUT2D eigenvalue weighted by molar-refractivity contribution is 0.0256. The van der Waals surface area contributed by atoms with E-state index < -0.39 is 70.2 Å². The first-order valence-electron chi connectivity index (χ1n) is 25.9. The molecule has 0 radical (unpaired) electrons. The molecule has 1 aromatic heterocycles. The number of alkyl carbamates (subject to hydrolysis) is 2. The predicted molar refractivity (Wildman–Crippen MR) is 286 cm³/mol. The number of guanidine groups is 2. The van der Waals surface area contributed by atoms with Crippen molar-refractivity contribution in [3.05, 3.63) is 29.6 Å². The maximum Gasteiger partial charge on any atom is 0.437 e. The molecule has 2 heterocycles. The smallest absolute Gasteiger partial charge is 0.437 e. The SMILES string of the molecule is CC(C)(C)OC(=O)N=C(N(CCCCCCCCN=C(NC(=O)OC(C)(C)C)NC(=O)OC(C)(C)C)C(=O)OC(C)(C)C)N(CCCOCc1ccc(C2=NCCCN2C(=O)OC(C)(C)C)cn1)C(=O)OC(C)(C)C. The number of hydrogen-bond acceptors (Lipinski definition) is 16. The number of nitrogens with zero attached hydrogens (tertiary/aromatic N) is 7. The van der Waals surface area contributed by atoms with E-state index in [0.29, 0.717) is 55.9 Å². The monoisotopic (exact) mass is 1060 g/mol. The van der Waals surface area contributed by atoms with Crippen LogP contribution in [0.15, 0.2) is 33.3 Å². The van der Waals surface area contributed by atoms with E-state index in [2.05, 4.69) is 30.6 Å². The van der Waals surface area contributed by atoms with E-state index in [1.165, 1.54) is 4.90 Å². The number of amidine groups is 1. The maximum absolute atomic E-state index is 14.2. The first kappa shape index (κ1) is 65.1. The number of unbranched alkanes of at least 4 members (excludes halogenated alkanes) is 5. The van der Waals surface area contributed by atoms with E-state index in [1.807, 2.05) is 26.8 Å². The summed E-state index contributed by atoms with van der Waals surface area (Å²) < 4.78 is 39.5. The van der Waals surface area contributed by atoms with Crippen molar-refractivity contribution < 1.29 is 61.9 Å². The van der Waals surface area contributed by atoms with Gasteiger partial charge in [0.1, 0.15) is 39.4 Å². The number of pyridine rings is 1. The number of hydrogen-bond donors (Lipinski definition) is 2. The molecule has 0 aromatic carbocycles. The van der Waals surface area contributed by atoms with Crippen LogP contribution in [-0.2, 0) is 39.8 Å². The molecule has 1 aliphatic rings. The lowest BCUT2D eigenvalue weighted by atomic mass is 10.1. The Morgan fingerprint density at radius 3 is 1.56 bits per heavy atom. The molecule has 2 rings (SSSR count). The van der Waals surface area contributed by atoms with Crippen LogP contribution in [0, 0.1) is 0 Å². The Morgan fingerprint density at radius 1 is 0.600 bits per heavy atom. The zero-order valence-electron chi connectivity index (χ0n) is 48.3. The van der Waals surface area contributed by atoms with E-state index in [4.69, 9.17) is 33.2 Å². The van der Waals surface area contributed by atoms with Crippen molar-refractivity contribution in [3.63, 3.8) is 0 Å². The molecule has 0 saturated heterocycles. The summed E-state index contributed by atoms with van der Waals surface area (Å²) in [7, 11) is 0. The summed E-state index contributed by atoms with van der Waals surface area (Å²) in [5.74, 6) is 0.0575. The lowest BCUT2D eigenvalue weighted by Gasteiger charge is -2.34. The standard InChI is InChI=1S/C53H89N9O13/c1-48(2,3)70-42(63)57-40(58-43(64)71-49(4,5)6)55-29-23-21-19-20-22-24-31-61(46(67)74-52(13,14)15)41(59-44(65)72-50(7,8)9)62(47(68)75-53(16,17)18)33-26-34-69-36-38-28-27-37(35-56-38)39-54-30-25-32-60(39)45(66)73-51(10,11)12/h27-28,35H,19-26,29-34,36H2,1-18H3,(H2,55,57,58,63,64). The van der Waals surface area contributed by atoms with Crippen LogP contribution in [0.5, 0.6) is 0 Å². The number of aromatic nitrogens is 1. The molecule has 0 atom stereocenters. The van der Waals surface area contributed by atoms with Crippen LogP contribution in [0.4, 0.5) is 28.8 Å². The van der Waals surface area contributed by atoms with Gasteiger partial charge in [0.15, 0.2) is 0 Å². The Kier molecular flexibility index (Phi) is 24.9. The van der Waals surface area contributed by atoms with Crippen molar-refractivity contribution in [2.75, 3.05) is 39.3 Å². The first-order valence-corrected chi connectivity index (χ1v) is 25.9. The second-order valence-corrected chi connectivity index (χ2v) is 23.9. The minimum absolute atomic E-state index is 0.0102. The minimum Gasteiger partial charge on any atom is -0.444 e. The number of nitrogens with one attached hydrogen (secondary N) is 2. The fourth-order valence-corrected chi connectivity index (χ4v) is 6.49. The minimum atomic E-state index is -1.04. The van der Waals surface area contributed by atoms with Gasteiger partial charge in [0.05, 0.1) is 12.3 Å². The summed E-state index contributed by atoms with van der Waals surface area (Å²) in [5.41, 5.74) is -3.85. The zero-order valence-corrected chi connectivity index (χ0v) is 48.3. The van der Waals surface area contributed by atoms with Crippen LogP contribution < -0.4 is 10.6 Å². The van der Waals surface area contributed by atoms with Gasteiger partial charge in [-0.25, -0.2) is 38.6 Å². The second kappa shape index (κ2) is 28.7. The summed E-state index contributed by atoms with van der Waals surface area (Å²) in [6.45, 7) is 32.4. The van der Waals surface area contributed by atoms with E-state index in [9.17, 15) is 28.8 Å². The molecule has 0 unspecified atom stereocenters. The molecule has 22 heteroatoms. The molecular formula is C53H89N9O13. The third-order valence-electron chi connectivity index (χ3n) is 9.27. The highest BCUT2D eigenvalue weighted by Crippen LogP contribution is 2.21. The molecule has 0 bridgehead atoms. The fraction of sp³-hybridized carbons (Fsp3) is 0.736. The summed E-state index contributed by atoms with van der Waals surface area (Å²) in [5, 5.41) is 4.96. The topological polar surface area (TPSA) is 251 Å². The van der Waals surface area contributed by atoms with Gasteiger partial charge in [-0.15, -0.1) is 4.99 Å². The van der Waals surface area contributed by atoms with Crippen LogP contribution in [0.25, 0.3) is 0 Å². The number of carbonyl (C=O) groups is 6. The van der Waals surface area contributed by atoms with Crippen LogP contribution in [0.3, 0.4) is 0 Å². The van der Waals surface area contributed by atoms with Crippen molar-refractivity contribution >= 4 is 54.3 Å². The van der Waals surface area contributed by atoms with Crippen molar-refractivity contribution in [1.82, 2.24) is 30.3 Å². The van der Waals surface area contributed by atoms with Crippen LogP contribution in [0.2, 0.25) is 0 Å². The second-order valence-electron chi connectivity index (χ2n) is 23.9. The summed E-state index contributed by atoms with van der Waals surface area (Å²) >= 11 is 0. The Hall–Kier alpha value is -6.06. The Morgan fingerprint density at radius 2 is 1.08 bits per heavy atom. The Balaban J connectivity index is 2.28. The average molecular weight is 1060 g/mol. The van der Waals surface area contributed by atoms with Gasteiger partial charge < -0.3 is 33.2 Å². The van der Waals surface area contributed by atoms with E-state index in [-0.39, 0.29) is 51.2 Å². The summed E-state index contributed by atoms with van der Waals surface area (Å²) in [4.78, 5) is 101. The van der Waals surface area contributed by atoms with E-state index in [1.54, 1.807) is 116 Å². The van der Waals surface area contributed by atoms with Crippen LogP contribution in [-0.4, -0.2) is 147 Å².